The Kier molecular flexibility index (Phi) is 6.64. The third kappa shape index (κ3) is 4.23. The monoisotopic (exact) mass is 332 g/mol. The summed E-state index contributed by atoms with van der Waals surface area (Å²) in [5, 5.41) is 0.739. The number of nitrogens with zero attached hydrogens (tertiary/aromatic N) is 1. The average molecular weight is 334 g/mol. The summed E-state index contributed by atoms with van der Waals surface area (Å²) < 4.78 is 0.924. The number of benzene rings is 1. The van der Waals surface area contributed by atoms with Crippen molar-refractivity contribution in [3.05, 3.63) is 33.3 Å². The van der Waals surface area contributed by atoms with Gasteiger partial charge >= 0.3 is 0 Å². The van der Waals surface area contributed by atoms with Crippen molar-refractivity contribution in [3.63, 3.8) is 0 Å². The molecular weight excluding hydrogens is 312 g/mol. The molecule has 0 fully saturated rings. The van der Waals surface area contributed by atoms with Gasteiger partial charge in [0, 0.05) is 23.6 Å². The van der Waals surface area contributed by atoms with Crippen molar-refractivity contribution in [2.24, 2.45) is 11.7 Å². The molecule has 4 heteroatoms. The Bertz CT molecular complexity index is 384. The van der Waals surface area contributed by atoms with E-state index in [2.05, 4.69) is 47.8 Å². The maximum Gasteiger partial charge on any atom is 0.0551 e. The Morgan fingerprint density at radius 3 is 2.61 bits per heavy atom. The molecule has 0 radical (unpaired) electrons. The van der Waals surface area contributed by atoms with Crippen molar-refractivity contribution in [1.82, 2.24) is 4.90 Å². The normalized spacial score (nSPS) is 14.8. The van der Waals surface area contributed by atoms with E-state index in [9.17, 15) is 0 Å². The number of hydrogen-bond acceptors (Lipinski definition) is 2. The van der Waals surface area contributed by atoms with Gasteiger partial charge < -0.3 is 5.73 Å². The Morgan fingerprint density at radius 2 is 2.11 bits per heavy atom. The molecule has 0 spiro atoms. The van der Waals surface area contributed by atoms with Crippen LogP contribution < -0.4 is 5.73 Å². The highest BCUT2D eigenvalue weighted by Crippen LogP contribution is 2.28. The van der Waals surface area contributed by atoms with Gasteiger partial charge in [-0.15, -0.1) is 0 Å². The largest absolute Gasteiger partial charge is 0.329 e. The van der Waals surface area contributed by atoms with E-state index in [1.165, 1.54) is 12.0 Å². The molecule has 18 heavy (non-hydrogen) atoms. The van der Waals surface area contributed by atoms with Gasteiger partial charge in [-0.1, -0.05) is 37.9 Å². The van der Waals surface area contributed by atoms with E-state index >= 15 is 0 Å². The minimum atomic E-state index is 0.226. The fraction of sp³-hybridized carbons (Fsp3) is 0.571. The predicted octanol–water partition coefficient (Wildman–Crippen LogP) is 4.08. The first-order valence-electron chi connectivity index (χ1n) is 6.34. The highest BCUT2D eigenvalue weighted by molar-refractivity contribution is 9.10. The van der Waals surface area contributed by atoms with Crippen LogP contribution >= 0.6 is 27.5 Å². The lowest BCUT2D eigenvalue weighted by Crippen LogP contribution is -2.33. The van der Waals surface area contributed by atoms with Crippen LogP contribution in [0.4, 0.5) is 0 Å². The van der Waals surface area contributed by atoms with Crippen molar-refractivity contribution in [3.8, 4) is 0 Å². The highest BCUT2D eigenvalue weighted by Gasteiger charge is 2.17. The second kappa shape index (κ2) is 7.49. The van der Waals surface area contributed by atoms with Crippen LogP contribution in [0, 0.1) is 5.92 Å². The molecule has 0 aliphatic carbocycles. The van der Waals surface area contributed by atoms with Crippen LogP contribution in [0.2, 0.25) is 5.02 Å². The zero-order chi connectivity index (χ0) is 13.7. The zero-order valence-corrected chi connectivity index (χ0v) is 13.6. The van der Waals surface area contributed by atoms with E-state index in [0.29, 0.717) is 12.5 Å². The van der Waals surface area contributed by atoms with Crippen LogP contribution in [0.1, 0.15) is 31.9 Å². The molecule has 0 saturated carbocycles. The summed E-state index contributed by atoms with van der Waals surface area (Å²) in [7, 11) is 2.12. The quantitative estimate of drug-likeness (QED) is 0.850. The van der Waals surface area contributed by atoms with Gasteiger partial charge in [-0.05, 0) is 46.6 Å². The van der Waals surface area contributed by atoms with E-state index < -0.39 is 0 Å². The molecule has 0 aromatic heterocycles. The van der Waals surface area contributed by atoms with Crippen LogP contribution in [0.15, 0.2) is 22.7 Å². The lowest BCUT2D eigenvalue weighted by molar-refractivity contribution is 0.215. The van der Waals surface area contributed by atoms with E-state index in [4.69, 9.17) is 17.3 Å². The summed E-state index contributed by atoms with van der Waals surface area (Å²) in [5.41, 5.74) is 7.09. The molecule has 0 saturated heterocycles. The fourth-order valence-electron chi connectivity index (χ4n) is 2.04. The van der Waals surface area contributed by atoms with Gasteiger partial charge in [-0.2, -0.15) is 0 Å². The molecule has 1 rings (SSSR count). The first-order chi connectivity index (χ1) is 8.49. The summed E-state index contributed by atoms with van der Waals surface area (Å²) in [6, 6.07) is 6.29. The second-order valence-electron chi connectivity index (χ2n) is 4.88. The van der Waals surface area contributed by atoms with Gasteiger partial charge in [0.1, 0.15) is 0 Å². The van der Waals surface area contributed by atoms with Gasteiger partial charge in [-0.25, -0.2) is 0 Å². The lowest BCUT2D eigenvalue weighted by Gasteiger charge is -2.29. The van der Waals surface area contributed by atoms with E-state index in [1.54, 1.807) is 0 Å². The van der Waals surface area contributed by atoms with Crippen LogP contribution in [-0.4, -0.2) is 25.0 Å². The Balaban J connectivity index is 2.84. The van der Waals surface area contributed by atoms with Crippen LogP contribution in [-0.2, 0) is 0 Å². The molecule has 2 unspecified atom stereocenters. The third-order valence-electron chi connectivity index (χ3n) is 3.38. The summed E-state index contributed by atoms with van der Waals surface area (Å²) in [6.45, 7) is 6.13. The lowest BCUT2D eigenvalue weighted by atomic mass is 10.0. The fourth-order valence-corrected chi connectivity index (χ4v) is 2.47. The molecule has 2 atom stereocenters. The SMILES string of the molecule is CCC(C)CN(C)C(CN)c1ccc(Br)c(Cl)c1. The molecule has 0 heterocycles. The van der Waals surface area contributed by atoms with Crippen LogP contribution in [0.5, 0.6) is 0 Å². The standard InChI is InChI=1S/C14H22BrClN2/c1-4-10(2)9-18(3)14(8-17)11-5-6-12(15)13(16)7-11/h5-7,10,14H,4,8-9,17H2,1-3H3. The summed E-state index contributed by atoms with van der Waals surface area (Å²) in [5.74, 6) is 0.676. The first kappa shape index (κ1) is 16.0. The highest BCUT2D eigenvalue weighted by atomic mass is 79.9. The van der Waals surface area contributed by atoms with E-state index in [0.717, 1.165) is 16.0 Å². The second-order valence-corrected chi connectivity index (χ2v) is 6.14. The van der Waals surface area contributed by atoms with Gasteiger partial charge in [0.2, 0.25) is 0 Å². The molecular formula is C14H22BrClN2. The topological polar surface area (TPSA) is 29.3 Å². The summed E-state index contributed by atoms with van der Waals surface area (Å²) in [4.78, 5) is 2.31. The molecule has 0 aliphatic rings. The average Bonchev–Trinajstić information content (AvgIpc) is 2.34. The van der Waals surface area contributed by atoms with E-state index in [1.807, 2.05) is 12.1 Å². The summed E-state index contributed by atoms with van der Waals surface area (Å²) >= 11 is 9.56. The third-order valence-corrected chi connectivity index (χ3v) is 4.61. The van der Waals surface area contributed by atoms with Crippen molar-refractivity contribution < 1.29 is 0 Å². The van der Waals surface area contributed by atoms with Crippen LogP contribution in [0.25, 0.3) is 0 Å². The van der Waals surface area contributed by atoms with Crippen molar-refractivity contribution >= 4 is 27.5 Å². The van der Waals surface area contributed by atoms with Gasteiger partial charge in [0.25, 0.3) is 0 Å². The Hall–Kier alpha value is -0.0900. The van der Waals surface area contributed by atoms with E-state index in [-0.39, 0.29) is 6.04 Å². The molecule has 102 valence electrons. The van der Waals surface area contributed by atoms with Crippen molar-refractivity contribution in [1.29, 1.82) is 0 Å². The molecule has 2 nitrogen and oxygen atoms in total. The number of likely N-dealkylation sites (N-methyl/N-ethyl adjacent to an activating group) is 1. The van der Waals surface area contributed by atoms with Crippen LogP contribution in [0.3, 0.4) is 0 Å². The molecule has 2 N–H and O–H groups in total. The predicted molar refractivity (Wildman–Crippen MR) is 83.0 cm³/mol. The number of hydrogen-bond donors (Lipinski definition) is 1. The number of nitrogens with two attached hydrogens (primary N) is 1. The molecule has 0 amide bonds. The number of halogens is 2. The Labute approximate surface area is 124 Å². The van der Waals surface area contributed by atoms with Gasteiger partial charge in [0.15, 0.2) is 0 Å². The zero-order valence-electron chi connectivity index (χ0n) is 11.3. The first-order valence-corrected chi connectivity index (χ1v) is 7.51. The molecule has 0 aliphatic heterocycles. The summed E-state index contributed by atoms with van der Waals surface area (Å²) in [6.07, 6.45) is 1.18. The van der Waals surface area contributed by atoms with Crippen molar-refractivity contribution in [2.45, 2.75) is 26.3 Å². The molecule has 1 aromatic rings. The van der Waals surface area contributed by atoms with Gasteiger partial charge in [0.05, 0.1) is 5.02 Å². The maximum atomic E-state index is 6.15. The Morgan fingerprint density at radius 1 is 1.44 bits per heavy atom. The minimum Gasteiger partial charge on any atom is -0.329 e. The number of rotatable bonds is 6. The smallest absolute Gasteiger partial charge is 0.0551 e. The minimum absolute atomic E-state index is 0.226. The van der Waals surface area contributed by atoms with Gasteiger partial charge in [-0.3, -0.25) is 4.90 Å². The maximum absolute atomic E-state index is 6.15. The molecule has 0 bridgehead atoms. The molecule has 1 aromatic carbocycles. The van der Waals surface area contributed by atoms with Crippen molar-refractivity contribution in [2.75, 3.05) is 20.1 Å².